The van der Waals surface area contributed by atoms with Crippen LogP contribution in [0.25, 0.3) is 0 Å². The molecule has 3 atom stereocenters. The Balaban J connectivity index is 1.32. The SMILES string of the molecule is Nc1ncc(CN2CCCNC(=O)[C@H]3C[C@@H]4CCCN4[C@@]34C(=O)N(CCC2)c2ccccc24)cn1. The van der Waals surface area contributed by atoms with Gasteiger partial charge in [0.2, 0.25) is 11.9 Å². The third-order valence-corrected chi connectivity index (χ3v) is 8.27. The summed E-state index contributed by atoms with van der Waals surface area (Å²) in [6.07, 6.45) is 8.13. The number of nitrogens with two attached hydrogens (primary N) is 1. The molecule has 0 aliphatic carbocycles. The van der Waals surface area contributed by atoms with Crippen LogP contribution in [0.15, 0.2) is 36.7 Å². The van der Waals surface area contributed by atoms with Gasteiger partial charge in [-0.15, -0.1) is 0 Å². The first-order valence-electron chi connectivity index (χ1n) is 12.8. The third kappa shape index (κ3) is 3.60. The Bertz CT molecular complexity index is 1120. The summed E-state index contributed by atoms with van der Waals surface area (Å²) in [5, 5.41) is 3.20. The molecule has 1 spiro atoms. The Labute approximate surface area is 205 Å². The molecule has 4 aliphatic heterocycles. The minimum Gasteiger partial charge on any atom is -0.368 e. The molecule has 4 aliphatic rings. The molecule has 1 aromatic carbocycles. The van der Waals surface area contributed by atoms with E-state index in [0.29, 0.717) is 25.7 Å². The summed E-state index contributed by atoms with van der Waals surface area (Å²) in [4.78, 5) is 42.9. The number of carbonyl (C=O) groups excluding carboxylic acids is 2. The van der Waals surface area contributed by atoms with Gasteiger partial charge in [0, 0.05) is 68.0 Å². The maximum absolute atomic E-state index is 14.3. The Morgan fingerprint density at radius 1 is 1.03 bits per heavy atom. The summed E-state index contributed by atoms with van der Waals surface area (Å²) in [5.41, 5.74) is 7.77. The predicted octanol–water partition coefficient (Wildman–Crippen LogP) is 1.50. The minimum atomic E-state index is -0.864. The van der Waals surface area contributed by atoms with E-state index in [4.69, 9.17) is 5.73 Å². The second-order valence-electron chi connectivity index (χ2n) is 10.2. The van der Waals surface area contributed by atoms with E-state index in [1.54, 1.807) is 12.4 Å². The number of fused-ring (bicyclic) bond motifs is 4. The van der Waals surface area contributed by atoms with E-state index >= 15 is 0 Å². The molecule has 0 saturated carbocycles. The van der Waals surface area contributed by atoms with Crippen molar-refractivity contribution in [2.75, 3.05) is 43.4 Å². The summed E-state index contributed by atoms with van der Waals surface area (Å²) in [6.45, 7) is 4.51. The zero-order valence-electron chi connectivity index (χ0n) is 20.0. The molecule has 9 nitrogen and oxygen atoms in total. The zero-order valence-corrected chi connectivity index (χ0v) is 20.0. The maximum Gasteiger partial charge on any atom is 0.253 e. The third-order valence-electron chi connectivity index (χ3n) is 8.27. The predicted molar refractivity (Wildman–Crippen MR) is 132 cm³/mol. The molecular weight excluding hydrogens is 442 g/mol. The number of rotatable bonds is 2. The molecule has 5 heterocycles. The Hall–Kier alpha value is -3.04. The standard InChI is InChI=1S/C26H33N7O2/c27-25-29-15-18(16-30-25)17-31-10-4-9-28-23(34)21-14-19-6-3-13-33(19)26(21)20-7-1-2-8-22(20)32(24(26)35)12-5-11-31/h1-2,7-8,15-16,19,21H,3-6,9-14,17H2,(H,28,34)(H2,27,29,30)/t19-,21+,26+/m0/s1. The molecule has 3 saturated heterocycles. The number of hydrogen-bond donors (Lipinski definition) is 2. The number of carbonyl (C=O) groups is 2. The van der Waals surface area contributed by atoms with E-state index in [1.807, 2.05) is 17.0 Å². The van der Waals surface area contributed by atoms with Crippen molar-refractivity contribution >= 4 is 23.5 Å². The van der Waals surface area contributed by atoms with Gasteiger partial charge in [0.15, 0.2) is 0 Å². The Morgan fingerprint density at radius 3 is 2.69 bits per heavy atom. The minimum absolute atomic E-state index is 0.0159. The number of amides is 2. The average molecular weight is 476 g/mol. The Morgan fingerprint density at radius 2 is 1.83 bits per heavy atom. The number of para-hydroxylation sites is 1. The first-order valence-corrected chi connectivity index (χ1v) is 12.8. The number of hydrogen-bond acceptors (Lipinski definition) is 7. The number of nitrogens with zero attached hydrogens (tertiary/aromatic N) is 5. The molecule has 3 fully saturated rings. The fourth-order valence-corrected chi connectivity index (χ4v) is 6.85. The van der Waals surface area contributed by atoms with Gasteiger partial charge in [-0.3, -0.25) is 19.4 Å². The summed E-state index contributed by atoms with van der Waals surface area (Å²) in [7, 11) is 0. The van der Waals surface area contributed by atoms with Crippen LogP contribution in [0, 0.1) is 5.92 Å². The molecular formula is C26H33N7O2. The van der Waals surface area contributed by atoms with Gasteiger partial charge < -0.3 is 16.0 Å². The van der Waals surface area contributed by atoms with Crippen molar-refractivity contribution < 1.29 is 9.59 Å². The summed E-state index contributed by atoms with van der Waals surface area (Å²) in [5.74, 6) is 0.0192. The molecule has 9 heteroatoms. The van der Waals surface area contributed by atoms with Gasteiger partial charge in [-0.2, -0.15) is 0 Å². The van der Waals surface area contributed by atoms with Crippen LogP contribution in [0.2, 0.25) is 0 Å². The normalized spacial score (nSPS) is 29.5. The number of nitrogens with one attached hydrogen (secondary N) is 1. The van der Waals surface area contributed by atoms with Gasteiger partial charge in [0.25, 0.3) is 5.91 Å². The number of nitrogen functional groups attached to an aromatic ring is 1. The fraction of sp³-hybridized carbons (Fsp3) is 0.538. The molecule has 0 unspecified atom stereocenters. The highest BCUT2D eigenvalue weighted by Gasteiger charge is 2.66. The van der Waals surface area contributed by atoms with Gasteiger partial charge in [0.1, 0.15) is 5.54 Å². The molecule has 1 aromatic heterocycles. The van der Waals surface area contributed by atoms with Crippen molar-refractivity contribution in [2.45, 2.75) is 50.2 Å². The second-order valence-corrected chi connectivity index (χ2v) is 10.2. The van der Waals surface area contributed by atoms with Crippen LogP contribution in [0.5, 0.6) is 0 Å². The lowest BCUT2D eigenvalue weighted by Gasteiger charge is -2.37. The van der Waals surface area contributed by atoms with Crippen LogP contribution in [-0.2, 0) is 21.7 Å². The van der Waals surface area contributed by atoms with Crippen LogP contribution in [-0.4, -0.2) is 70.3 Å². The monoisotopic (exact) mass is 475 g/mol. The van der Waals surface area contributed by atoms with Crippen molar-refractivity contribution in [3.8, 4) is 0 Å². The van der Waals surface area contributed by atoms with E-state index in [0.717, 1.165) is 68.6 Å². The summed E-state index contributed by atoms with van der Waals surface area (Å²) >= 11 is 0. The van der Waals surface area contributed by atoms with Gasteiger partial charge in [-0.05, 0) is 44.7 Å². The highest BCUT2D eigenvalue weighted by Crippen LogP contribution is 2.57. The number of benzene rings is 1. The van der Waals surface area contributed by atoms with Crippen molar-refractivity contribution in [3.05, 3.63) is 47.8 Å². The average Bonchev–Trinajstić information content (AvgIpc) is 3.52. The second kappa shape index (κ2) is 8.87. The van der Waals surface area contributed by atoms with Gasteiger partial charge in [0.05, 0.1) is 5.92 Å². The highest BCUT2D eigenvalue weighted by atomic mass is 16.2. The highest BCUT2D eigenvalue weighted by molar-refractivity contribution is 6.10. The molecule has 2 aromatic rings. The summed E-state index contributed by atoms with van der Waals surface area (Å²) < 4.78 is 0. The smallest absolute Gasteiger partial charge is 0.253 e. The van der Waals surface area contributed by atoms with E-state index < -0.39 is 5.54 Å². The van der Waals surface area contributed by atoms with E-state index in [9.17, 15) is 9.59 Å². The fourth-order valence-electron chi connectivity index (χ4n) is 6.85. The zero-order chi connectivity index (χ0) is 24.0. The molecule has 2 bridgehead atoms. The molecule has 2 amide bonds. The van der Waals surface area contributed by atoms with Gasteiger partial charge in [-0.25, -0.2) is 9.97 Å². The lowest BCUT2D eigenvalue weighted by Crippen LogP contribution is -2.56. The van der Waals surface area contributed by atoms with Crippen LogP contribution in [0.3, 0.4) is 0 Å². The first-order chi connectivity index (χ1) is 17.1. The molecule has 35 heavy (non-hydrogen) atoms. The van der Waals surface area contributed by atoms with Gasteiger partial charge in [-0.1, -0.05) is 18.2 Å². The van der Waals surface area contributed by atoms with E-state index in [1.165, 1.54) is 0 Å². The molecule has 184 valence electrons. The van der Waals surface area contributed by atoms with Crippen molar-refractivity contribution in [2.24, 2.45) is 5.92 Å². The van der Waals surface area contributed by atoms with E-state index in [-0.39, 0.29) is 23.7 Å². The lowest BCUT2D eigenvalue weighted by atomic mass is 9.78. The van der Waals surface area contributed by atoms with Crippen LogP contribution in [0.1, 0.15) is 43.2 Å². The summed E-state index contributed by atoms with van der Waals surface area (Å²) in [6, 6.07) is 8.44. The van der Waals surface area contributed by atoms with Crippen LogP contribution < -0.4 is 16.0 Å². The van der Waals surface area contributed by atoms with Crippen LogP contribution >= 0.6 is 0 Å². The van der Waals surface area contributed by atoms with Gasteiger partial charge >= 0.3 is 0 Å². The maximum atomic E-state index is 14.3. The Kier molecular flexibility index (Phi) is 5.69. The van der Waals surface area contributed by atoms with Crippen molar-refractivity contribution in [3.63, 3.8) is 0 Å². The van der Waals surface area contributed by atoms with E-state index in [2.05, 4.69) is 37.2 Å². The van der Waals surface area contributed by atoms with Crippen molar-refractivity contribution in [1.29, 1.82) is 0 Å². The topological polar surface area (TPSA) is 108 Å². The van der Waals surface area contributed by atoms with Crippen molar-refractivity contribution in [1.82, 2.24) is 25.1 Å². The van der Waals surface area contributed by atoms with Crippen LogP contribution in [0.4, 0.5) is 11.6 Å². The molecule has 0 radical (unpaired) electrons. The first kappa shape index (κ1) is 22.4. The largest absolute Gasteiger partial charge is 0.368 e. The quantitative estimate of drug-likeness (QED) is 0.678. The number of aromatic nitrogens is 2. The number of anilines is 2. The molecule has 6 rings (SSSR count). The molecule has 3 N–H and O–H groups in total. The lowest BCUT2D eigenvalue weighted by molar-refractivity contribution is -0.138.